The van der Waals surface area contributed by atoms with E-state index < -0.39 is 5.41 Å². The number of hydrogen-bond acceptors (Lipinski definition) is 4. The summed E-state index contributed by atoms with van der Waals surface area (Å²) < 4.78 is 10.6. The van der Waals surface area contributed by atoms with Crippen LogP contribution in [0, 0.1) is 12.3 Å². The molecule has 136 valence electrons. The van der Waals surface area contributed by atoms with Crippen LogP contribution >= 0.6 is 0 Å². The fourth-order valence-corrected chi connectivity index (χ4v) is 2.55. The monoisotopic (exact) mass is 354 g/mol. The zero-order valence-corrected chi connectivity index (χ0v) is 15.1. The van der Waals surface area contributed by atoms with E-state index in [0.717, 1.165) is 11.1 Å². The molecule has 0 radical (unpaired) electrons. The van der Waals surface area contributed by atoms with Crippen LogP contribution in [-0.4, -0.2) is 18.6 Å². The van der Waals surface area contributed by atoms with Gasteiger partial charge in [-0.15, -0.1) is 0 Å². The van der Waals surface area contributed by atoms with Crippen molar-refractivity contribution >= 4 is 17.5 Å². The van der Waals surface area contributed by atoms with Crippen LogP contribution in [0.15, 0.2) is 42.5 Å². The van der Waals surface area contributed by atoms with Crippen molar-refractivity contribution in [3.63, 3.8) is 0 Å². The van der Waals surface area contributed by atoms with E-state index in [4.69, 9.17) is 9.47 Å². The van der Waals surface area contributed by atoms with Crippen molar-refractivity contribution in [2.75, 3.05) is 12.1 Å². The van der Waals surface area contributed by atoms with Gasteiger partial charge < -0.3 is 20.1 Å². The van der Waals surface area contributed by atoms with Crippen molar-refractivity contribution < 1.29 is 19.1 Å². The Morgan fingerprint density at radius 1 is 1.04 bits per heavy atom. The largest absolute Gasteiger partial charge is 0.454 e. The Labute approximate surface area is 152 Å². The number of fused-ring (bicyclic) bond motifs is 1. The minimum absolute atomic E-state index is 0.206. The molecule has 0 fully saturated rings. The van der Waals surface area contributed by atoms with E-state index in [-0.39, 0.29) is 18.6 Å². The van der Waals surface area contributed by atoms with Crippen LogP contribution in [-0.2, 0) is 16.1 Å². The topological polar surface area (TPSA) is 76.7 Å². The SMILES string of the molecule is Cc1ccccc1NC(=O)C(C)(C)C(=O)NCc1ccc2c(c1)OCO2. The zero-order valence-electron chi connectivity index (χ0n) is 15.1. The molecule has 0 unspecified atom stereocenters. The molecule has 1 aliphatic heterocycles. The average Bonchev–Trinajstić information content (AvgIpc) is 3.09. The third-order valence-corrected chi connectivity index (χ3v) is 4.42. The predicted octanol–water partition coefficient (Wildman–Crippen LogP) is 3.00. The number of aryl methyl sites for hydroxylation is 1. The second-order valence-electron chi connectivity index (χ2n) is 6.76. The summed E-state index contributed by atoms with van der Waals surface area (Å²) in [6, 6.07) is 12.9. The fraction of sp³-hybridized carbons (Fsp3) is 0.300. The second kappa shape index (κ2) is 7.07. The van der Waals surface area contributed by atoms with Gasteiger partial charge in [0.15, 0.2) is 11.5 Å². The van der Waals surface area contributed by atoms with Crippen molar-refractivity contribution in [1.82, 2.24) is 5.32 Å². The number of ether oxygens (including phenoxy) is 2. The molecule has 6 nitrogen and oxygen atoms in total. The lowest BCUT2D eigenvalue weighted by atomic mass is 9.90. The average molecular weight is 354 g/mol. The predicted molar refractivity (Wildman–Crippen MR) is 98.0 cm³/mol. The Hall–Kier alpha value is -3.02. The first-order valence-electron chi connectivity index (χ1n) is 8.42. The highest BCUT2D eigenvalue weighted by Crippen LogP contribution is 2.32. The number of para-hydroxylation sites is 1. The van der Waals surface area contributed by atoms with Gasteiger partial charge in [-0.05, 0) is 50.1 Å². The van der Waals surface area contributed by atoms with Crippen LogP contribution < -0.4 is 20.1 Å². The van der Waals surface area contributed by atoms with E-state index in [1.165, 1.54) is 0 Å². The molecule has 2 aromatic carbocycles. The minimum Gasteiger partial charge on any atom is -0.454 e. The van der Waals surface area contributed by atoms with E-state index >= 15 is 0 Å². The number of anilines is 1. The van der Waals surface area contributed by atoms with Crippen LogP contribution in [0.5, 0.6) is 11.5 Å². The molecular formula is C20H22N2O4. The normalized spacial score (nSPS) is 12.6. The van der Waals surface area contributed by atoms with Crippen molar-refractivity contribution in [3.05, 3.63) is 53.6 Å². The van der Waals surface area contributed by atoms with Gasteiger partial charge in [0.2, 0.25) is 18.6 Å². The van der Waals surface area contributed by atoms with Gasteiger partial charge in [0.1, 0.15) is 5.41 Å². The molecule has 2 amide bonds. The molecule has 0 aliphatic carbocycles. The molecule has 0 bridgehead atoms. The summed E-state index contributed by atoms with van der Waals surface area (Å²) in [6.07, 6.45) is 0. The lowest BCUT2D eigenvalue weighted by Crippen LogP contribution is -2.44. The lowest BCUT2D eigenvalue weighted by Gasteiger charge is -2.23. The summed E-state index contributed by atoms with van der Waals surface area (Å²) in [4.78, 5) is 25.1. The molecular weight excluding hydrogens is 332 g/mol. The first kappa shape index (κ1) is 17.8. The molecule has 1 aliphatic rings. The molecule has 2 aromatic rings. The molecule has 1 heterocycles. The molecule has 0 spiro atoms. The molecule has 2 N–H and O–H groups in total. The van der Waals surface area contributed by atoms with Gasteiger partial charge in [0, 0.05) is 12.2 Å². The minimum atomic E-state index is -1.21. The van der Waals surface area contributed by atoms with Gasteiger partial charge in [-0.1, -0.05) is 24.3 Å². The number of rotatable bonds is 5. The Morgan fingerprint density at radius 3 is 2.54 bits per heavy atom. The Morgan fingerprint density at radius 2 is 1.77 bits per heavy atom. The summed E-state index contributed by atoms with van der Waals surface area (Å²) in [5.41, 5.74) is 1.31. The molecule has 0 saturated carbocycles. The van der Waals surface area contributed by atoms with Crippen molar-refractivity contribution in [1.29, 1.82) is 0 Å². The molecule has 0 aromatic heterocycles. The molecule has 0 saturated heterocycles. The summed E-state index contributed by atoms with van der Waals surface area (Å²) in [5, 5.41) is 5.64. The van der Waals surface area contributed by atoms with Gasteiger partial charge in [-0.2, -0.15) is 0 Å². The van der Waals surface area contributed by atoms with E-state index in [2.05, 4.69) is 10.6 Å². The van der Waals surface area contributed by atoms with Crippen molar-refractivity contribution in [2.45, 2.75) is 27.3 Å². The number of benzene rings is 2. The number of carbonyl (C=O) groups is 2. The number of hydrogen-bond donors (Lipinski definition) is 2. The van der Waals surface area contributed by atoms with Crippen LogP contribution in [0.3, 0.4) is 0 Å². The smallest absolute Gasteiger partial charge is 0.239 e. The highest BCUT2D eigenvalue weighted by molar-refractivity contribution is 6.10. The number of carbonyl (C=O) groups excluding carboxylic acids is 2. The Kier molecular flexibility index (Phi) is 4.84. The quantitative estimate of drug-likeness (QED) is 0.809. The second-order valence-corrected chi connectivity index (χ2v) is 6.76. The fourth-order valence-electron chi connectivity index (χ4n) is 2.55. The van der Waals surface area contributed by atoms with E-state index in [0.29, 0.717) is 23.7 Å². The van der Waals surface area contributed by atoms with Gasteiger partial charge in [-0.25, -0.2) is 0 Å². The van der Waals surface area contributed by atoms with Gasteiger partial charge in [0.05, 0.1) is 0 Å². The molecule has 26 heavy (non-hydrogen) atoms. The van der Waals surface area contributed by atoms with Crippen LogP contribution in [0.1, 0.15) is 25.0 Å². The van der Waals surface area contributed by atoms with Gasteiger partial charge >= 0.3 is 0 Å². The highest BCUT2D eigenvalue weighted by atomic mass is 16.7. The summed E-state index contributed by atoms with van der Waals surface area (Å²) in [6.45, 7) is 5.63. The van der Waals surface area contributed by atoms with E-state index in [1.807, 2.05) is 43.3 Å². The van der Waals surface area contributed by atoms with Gasteiger partial charge in [-0.3, -0.25) is 9.59 Å². The first-order valence-corrected chi connectivity index (χ1v) is 8.42. The first-order chi connectivity index (χ1) is 12.4. The number of nitrogens with one attached hydrogen (secondary N) is 2. The maximum Gasteiger partial charge on any atom is 0.239 e. The maximum absolute atomic E-state index is 12.6. The summed E-state index contributed by atoms with van der Waals surface area (Å²) >= 11 is 0. The standard InChI is InChI=1S/C20H22N2O4/c1-13-6-4-5-7-15(13)22-19(24)20(2,3)18(23)21-11-14-8-9-16-17(10-14)26-12-25-16/h4-10H,11-12H2,1-3H3,(H,21,23)(H,22,24). The van der Waals surface area contributed by atoms with Crippen LogP contribution in [0.2, 0.25) is 0 Å². The maximum atomic E-state index is 12.6. The third-order valence-electron chi connectivity index (χ3n) is 4.42. The third kappa shape index (κ3) is 3.64. The number of amides is 2. The van der Waals surface area contributed by atoms with E-state index in [1.54, 1.807) is 19.9 Å². The zero-order chi connectivity index (χ0) is 18.7. The lowest BCUT2D eigenvalue weighted by molar-refractivity contribution is -0.138. The van der Waals surface area contributed by atoms with Crippen LogP contribution in [0.25, 0.3) is 0 Å². The van der Waals surface area contributed by atoms with Gasteiger partial charge in [0.25, 0.3) is 0 Å². The molecule has 3 rings (SSSR count). The summed E-state index contributed by atoms with van der Waals surface area (Å²) in [7, 11) is 0. The Balaban J connectivity index is 1.62. The van der Waals surface area contributed by atoms with Crippen molar-refractivity contribution in [3.8, 4) is 11.5 Å². The molecule has 6 heteroatoms. The highest BCUT2D eigenvalue weighted by Gasteiger charge is 2.36. The van der Waals surface area contributed by atoms with Crippen molar-refractivity contribution in [2.24, 2.45) is 5.41 Å². The Bertz CT molecular complexity index is 845. The summed E-state index contributed by atoms with van der Waals surface area (Å²) in [5.74, 6) is 0.655. The van der Waals surface area contributed by atoms with Crippen LogP contribution in [0.4, 0.5) is 5.69 Å². The molecule has 0 atom stereocenters. The van der Waals surface area contributed by atoms with E-state index in [9.17, 15) is 9.59 Å².